The fraction of sp³-hybridized carbons (Fsp3) is 0.860. The van der Waals surface area contributed by atoms with Crippen molar-refractivity contribution in [3.63, 3.8) is 0 Å². The Bertz CT molecular complexity index is 1500. The first-order valence-corrected chi connectivity index (χ1v) is 26.1. The van der Waals surface area contributed by atoms with Crippen molar-refractivity contribution in [3.05, 3.63) is 0 Å². The molecule has 5 aliphatic rings. The van der Waals surface area contributed by atoms with Crippen molar-refractivity contribution in [2.75, 3.05) is 46.4 Å². The second-order valence-corrected chi connectivity index (χ2v) is 25.6. The molecule has 6 amide bonds. The number of hydrogen-bond donors (Lipinski definition) is 7. The molecule has 2 aliphatic heterocycles. The van der Waals surface area contributed by atoms with E-state index < -0.39 is 43.6 Å². The van der Waals surface area contributed by atoms with Gasteiger partial charge in [-0.1, -0.05) is 78.8 Å². The molecule has 0 aromatic carbocycles. The number of fused-ring (bicyclic) bond motifs is 1. The summed E-state index contributed by atoms with van der Waals surface area (Å²) in [5.74, 6) is 0.325. The molecule has 8 unspecified atom stereocenters. The van der Waals surface area contributed by atoms with Gasteiger partial charge in [0, 0.05) is 24.8 Å². The first-order valence-electron chi connectivity index (χ1n) is 22.7. The van der Waals surface area contributed by atoms with E-state index in [1.807, 2.05) is 25.7 Å². The molecule has 334 valence electrons. The molecule has 0 aromatic rings. The van der Waals surface area contributed by atoms with E-state index in [9.17, 15) is 28.8 Å². The smallest absolute Gasteiger partial charge is 0.246 e. The zero-order valence-corrected chi connectivity index (χ0v) is 38.1. The number of hydrogen-bond acceptors (Lipinski definition) is 9. The molecule has 0 bridgehead atoms. The quantitative estimate of drug-likeness (QED) is 0.113. The monoisotopic (exact) mass is 844 g/mol. The summed E-state index contributed by atoms with van der Waals surface area (Å²) in [6, 6.07) is -1.97. The molecule has 0 aromatic heterocycles. The number of rotatable bonds is 16. The third-order valence-electron chi connectivity index (χ3n) is 14.1. The molecule has 5 fully saturated rings. The number of likely N-dealkylation sites (N-methyl/N-ethyl adjacent to an activating group) is 2. The van der Waals surface area contributed by atoms with Crippen LogP contribution in [0.15, 0.2) is 0 Å². The number of primary amides is 1. The zero-order chi connectivity index (χ0) is 43.1. The number of carbonyl (C=O) groups excluding carboxylic acids is 6. The first kappa shape index (κ1) is 47.0. The molecule has 2 saturated heterocycles. The number of amides is 6. The summed E-state index contributed by atoms with van der Waals surface area (Å²) in [6.07, 6.45) is 13.6. The van der Waals surface area contributed by atoms with Gasteiger partial charge in [-0.2, -0.15) is 0 Å². The van der Waals surface area contributed by atoms with Gasteiger partial charge in [-0.25, -0.2) is 0 Å². The van der Waals surface area contributed by atoms with Crippen LogP contribution < -0.4 is 37.6 Å². The first-order chi connectivity index (χ1) is 27.9. The van der Waals surface area contributed by atoms with Crippen LogP contribution >= 0.6 is 0 Å². The Labute approximate surface area is 354 Å². The number of nitrogens with two attached hydrogens (primary N) is 1. The molecule has 15 nitrogen and oxygen atoms in total. The SMILES string of the molecule is CNCC(=O)NC(CC1CCC(CNC2CC(C(N)=O)N(C(=O)C(NC(=O)CNC)C(C)(C)C)C2)CC1)C(=O)N1C[Si](C)(C)CC1C(=O)NC1CCCC2CCCCC21. The average Bonchev–Trinajstić information content (AvgIpc) is 3.77. The molecular formula is C43H77N9O6Si. The molecule has 3 aliphatic carbocycles. The largest absolute Gasteiger partial charge is 0.368 e. The summed E-state index contributed by atoms with van der Waals surface area (Å²) in [5, 5.41) is 18.7. The van der Waals surface area contributed by atoms with Crippen LogP contribution in [0.2, 0.25) is 19.1 Å². The lowest BCUT2D eigenvalue weighted by Gasteiger charge is -2.42. The van der Waals surface area contributed by atoms with Gasteiger partial charge in [-0.05, 0) is 94.3 Å². The maximum Gasteiger partial charge on any atom is 0.246 e. The molecule has 8 atom stereocenters. The van der Waals surface area contributed by atoms with Crippen molar-refractivity contribution >= 4 is 43.5 Å². The number of nitrogens with one attached hydrogen (secondary N) is 6. The van der Waals surface area contributed by atoms with E-state index in [-0.39, 0.29) is 60.6 Å². The van der Waals surface area contributed by atoms with Gasteiger partial charge in [-0.15, -0.1) is 0 Å². The van der Waals surface area contributed by atoms with Gasteiger partial charge in [0.15, 0.2) is 0 Å². The minimum Gasteiger partial charge on any atom is -0.368 e. The minimum absolute atomic E-state index is 0.0110. The lowest BCUT2D eigenvalue weighted by Crippen LogP contribution is -2.58. The number of carbonyl (C=O) groups is 6. The van der Waals surface area contributed by atoms with Gasteiger partial charge in [0.25, 0.3) is 0 Å². The third kappa shape index (κ3) is 12.5. The topological polar surface area (TPSA) is 207 Å². The molecule has 2 heterocycles. The Morgan fingerprint density at radius 2 is 1.39 bits per heavy atom. The van der Waals surface area contributed by atoms with Crippen LogP contribution in [0, 0.1) is 29.1 Å². The summed E-state index contributed by atoms with van der Waals surface area (Å²) in [7, 11) is 1.51. The maximum absolute atomic E-state index is 14.6. The van der Waals surface area contributed by atoms with Crippen molar-refractivity contribution in [1.29, 1.82) is 0 Å². The van der Waals surface area contributed by atoms with Crippen molar-refractivity contribution in [2.24, 2.45) is 34.8 Å². The summed E-state index contributed by atoms with van der Waals surface area (Å²) in [5.41, 5.74) is 5.23. The van der Waals surface area contributed by atoms with E-state index in [1.165, 1.54) is 37.0 Å². The number of likely N-dealkylation sites (tertiary alicyclic amines) is 1. The Morgan fingerprint density at radius 1 is 0.763 bits per heavy atom. The number of nitrogens with zero attached hydrogens (tertiary/aromatic N) is 2. The van der Waals surface area contributed by atoms with E-state index in [2.05, 4.69) is 45.0 Å². The Balaban J connectivity index is 1.17. The van der Waals surface area contributed by atoms with Crippen molar-refractivity contribution in [1.82, 2.24) is 41.7 Å². The molecular weight excluding hydrogens is 767 g/mol. The molecule has 59 heavy (non-hydrogen) atoms. The molecule has 8 N–H and O–H groups in total. The van der Waals surface area contributed by atoms with Gasteiger partial charge in [0.2, 0.25) is 35.4 Å². The average molecular weight is 844 g/mol. The highest BCUT2D eigenvalue weighted by Crippen LogP contribution is 2.41. The Hall–Kier alpha value is -3.08. The Kier molecular flexibility index (Phi) is 16.4. The van der Waals surface area contributed by atoms with Crippen LogP contribution in [0.5, 0.6) is 0 Å². The van der Waals surface area contributed by atoms with E-state index in [4.69, 9.17) is 5.73 Å². The summed E-state index contributed by atoms with van der Waals surface area (Å²) in [6.45, 7) is 11.4. The van der Waals surface area contributed by atoms with Crippen LogP contribution in [-0.4, -0.2) is 136 Å². The van der Waals surface area contributed by atoms with Crippen LogP contribution in [0.4, 0.5) is 0 Å². The highest BCUT2D eigenvalue weighted by atomic mass is 28.3. The van der Waals surface area contributed by atoms with E-state index in [1.54, 1.807) is 14.1 Å². The zero-order valence-electron chi connectivity index (χ0n) is 37.1. The second kappa shape index (κ2) is 20.7. The lowest BCUT2D eigenvalue weighted by molar-refractivity contribution is -0.143. The second-order valence-electron chi connectivity index (χ2n) is 20.5. The molecule has 0 spiro atoms. The summed E-state index contributed by atoms with van der Waals surface area (Å²) < 4.78 is 0. The molecule has 0 radical (unpaired) electrons. The predicted molar refractivity (Wildman–Crippen MR) is 231 cm³/mol. The third-order valence-corrected chi connectivity index (χ3v) is 16.8. The van der Waals surface area contributed by atoms with Gasteiger partial charge >= 0.3 is 0 Å². The fourth-order valence-electron chi connectivity index (χ4n) is 11.0. The van der Waals surface area contributed by atoms with Gasteiger partial charge < -0.3 is 47.4 Å². The molecule has 5 rings (SSSR count). The van der Waals surface area contributed by atoms with E-state index in [0.717, 1.165) is 51.1 Å². The van der Waals surface area contributed by atoms with E-state index >= 15 is 0 Å². The van der Waals surface area contributed by atoms with Crippen molar-refractivity contribution in [2.45, 2.75) is 160 Å². The molecule has 16 heteroatoms. The van der Waals surface area contributed by atoms with E-state index in [0.29, 0.717) is 43.3 Å². The van der Waals surface area contributed by atoms with Crippen molar-refractivity contribution in [3.8, 4) is 0 Å². The van der Waals surface area contributed by atoms with Crippen molar-refractivity contribution < 1.29 is 28.8 Å². The maximum atomic E-state index is 14.6. The Morgan fingerprint density at radius 3 is 2.03 bits per heavy atom. The van der Waals surface area contributed by atoms with Crippen LogP contribution in [0.3, 0.4) is 0 Å². The predicted octanol–water partition coefficient (Wildman–Crippen LogP) is 1.62. The minimum atomic E-state index is -1.87. The lowest BCUT2D eigenvalue weighted by atomic mass is 9.68. The normalized spacial score (nSPS) is 30.5. The van der Waals surface area contributed by atoms with Crippen LogP contribution in [0.1, 0.15) is 104 Å². The fourth-order valence-corrected chi connectivity index (χ4v) is 13.9. The van der Waals surface area contributed by atoms with Gasteiger partial charge in [0.05, 0.1) is 21.2 Å². The summed E-state index contributed by atoms with van der Waals surface area (Å²) >= 11 is 0. The van der Waals surface area contributed by atoms with Gasteiger partial charge in [0.1, 0.15) is 24.2 Å². The van der Waals surface area contributed by atoms with Crippen LogP contribution in [-0.2, 0) is 28.8 Å². The summed E-state index contributed by atoms with van der Waals surface area (Å²) in [4.78, 5) is 83.9. The standard InChI is InChI=1S/C43H77N9O6Si/c1-43(2,3)38(50-37(54)23-46-5)42(58)51-24-30(20-34(51)39(44)55)47-21-28-17-15-27(16-18-28)19-33(48-36(53)22-45-4)41(57)52-26-59(6,7)25-35(52)40(56)49-32-14-10-12-29-11-8-9-13-31(29)32/h27-35,38,45-47H,8-26H2,1-7H3,(H2,44,55)(H,48,53)(H,49,56)(H,50,54). The highest BCUT2D eigenvalue weighted by Gasteiger charge is 2.48. The highest BCUT2D eigenvalue weighted by molar-refractivity contribution is 6.79. The molecule has 3 saturated carbocycles. The van der Waals surface area contributed by atoms with Gasteiger partial charge in [-0.3, -0.25) is 28.8 Å². The van der Waals surface area contributed by atoms with Crippen LogP contribution in [0.25, 0.3) is 0 Å².